The van der Waals surface area contributed by atoms with Crippen LogP contribution in [-0.2, 0) is 22.7 Å². The molecule has 2 aromatic heterocycles. The molecule has 0 bridgehead atoms. The summed E-state index contributed by atoms with van der Waals surface area (Å²) in [5, 5.41) is 5.51. The number of thiazole rings is 1. The van der Waals surface area contributed by atoms with Crippen molar-refractivity contribution in [1.29, 1.82) is 0 Å². The van der Waals surface area contributed by atoms with E-state index in [1.54, 1.807) is 36.4 Å². The third-order valence-electron chi connectivity index (χ3n) is 3.82. The second-order valence-electron chi connectivity index (χ2n) is 5.99. The lowest BCUT2D eigenvalue weighted by Gasteiger charge is -2.15. The number of benzene rings is 1. The minimum absolute atomic E-state index is 0.223. The Hall–Kier alpha value is -3.13. The van der Waals surface area contributed by atoms with Crippen LogP contribution >= 0.6 is 11.3 Å². The molecule has 1 aromatic carbocycles. The predicted octanol–water partition coefficient (Wildman–Crippen LogP) is 3.49. The van der Waals surface area contributed by atoms with E-state index < -0.39 is 18.0 Å². The Kier molecular flexibility index (Phi) is 6.44. The average molecular weight is 400 g/mol. The van der Waals surface area contributed by atoms with E-state index in [-0.39, 0.29) is 18.7 Å². The van der Waals surface area contributed by atoms with E-state index >= 15 is 0 Å². The molecule has 0 radical (unpaired) electrons. The van der Waals surface area contributed by atoms with Crippen molar-refractivity contribution in [2.45, 2.75) is 33.1 Å². The number of amides is 1. The van der Waals surface area contributed by atoms with Gasteiger partial charge in [-0.05, 0) is 38.1 Å². The molecule has 3 rings (SSSR count). The quantitative estimate of drug-likeness (QED) is 0.582. The molecule has 1 atom stereocenters. The van der Waals surface area contributed by atoms with Crippen LogP contribution in [0.25, 0.3) is 0 Å². The Balaban J connectivity index is 1.57. The van der Waals surface area contributed by atoms with E-state index in [0.717, 1.165) is 10.7 Å². The lowest BCUT2D eigenvalue weighted by atomic mass is 10.2. The van der Waals surface area contributed by atoms with Crippen molar-refractivity contribution in [3.63, 3.8) is 0 Å². The highest BCUT2D eigenvalue weighted by molar-refractivity contribution is 7.09. The molecule has 3 aromatic rings. The van der Waals surface area contributed by atoms with Gasteiger partial charge in [0.2, 0.25) is 0 Å². The zero-order valence-corrected chi connectivity index (χ0v) is 16.3. The highest BCUT2D eigenvalue weighted by atomic mass is 32.1. The standard InChI is InChI=1S/C20H20N2O5S/c1-13(19(23)21-10-16-6-5-9-25-16)27-20(24)17-7-3-4-8-18(17)26-11-15-12-28-14(2)22-15/h3-9,12-13H,10-11H2,1-2H3,(H,21,23)/t13-/m1/s1. The van der Waals surface area contributed by atoms with Gasteiger partial charge in [-0.25, -0.2) is 9.78 Å². The molecule has 2 heterocycles. The van der Waals surface area contributed by atoms with Gasteiger partial charge in [0.1, 0.15) is 23.7 Å². The SMILES string of the molecule is Cc1nc(COc2ccccc2C(=O)O[C@H](C)C(=O)NCc2ccco2)cs1. The lowest BCUT2D eigenvalue weighted by Crippen LogP contribution is -2.35. The number of aryl methyl sites for hydroxylation is 1. The topological polar surface area (TPSA) is 90.7 Å². The number of hydrogen-bond donors (Lipinski definition) is 1. The normalized spacial score (nSPS) is 11.6. The van der Waals surface area contributed by atoms with Crippen molar-refractivity contribution < 1.29 is 23.5 Å². The summed E-state index contributed by atoms with van der Waals surface area (Å²) in [4.78, 5) is 29.0. The monoisotopic (exact) mass is 400 g/mol. The van der Waals surface area contributed by atoms with Gasteiger partial charge in [0, 0.05) is 5.38 Å². The number of ether oxygens (including phenoxy) is 2. The molecule has 0 saturated heterocycles. The van der Waals surface area contributed by atoms with Crippen molar-refractivity contribution in [3.05, 3.63) is 70.1 Å². The van der Waals surface area contributed by atoms with E-state index in [9.17, 15) is 9.59 Å². The Morgan fingerprint density at radius 2 is 2.07 bits per heavy atom. The number of para-hydroxylation sites is 1. The first kappa shape index (κ1) is 19.6. The number of aromatic nitrogens is 1. The summed E-state index contributed by atoms with van der Waals surface area (Å²) in [5.41, 5.74) is 1.04. The Morgan fingerprint density at radius 1 is 1.25 bits per heavy atom. The maximum Gasteiger partial charge on any atom is 0.342 e. The molecule has 28 heavy (non-hydrogen) atoms. The van der Waals surface area contributed by atoms with Gasteiger partial charge < -0.3 is 19.2 Å². The fourth-order valence-electron chi connectivity index (χ4n) is 2.40. The smallest absolute Gasteiger partial charge is 0.342 e. The van der Waals surface area contributed by atoms with Crippen LogP contribution in [-0.4, -0.2) is 23.0 Å². The van der Waals surface area contributed by atoms with Gasteiger partial charge in [-0.3, -0.25) is 4.79 Å². The van der Waals surface area contributed by atoms with Gasteiger partial charge in [-0.2, -0.15) is 0 Å². The molecule has 0 aliphatic rings. The molecule has 0 aliphatic carbocycles. The second-order valence-corrected chi connectivity index (χ2v) is 7.05. The van der Waals surface area contributed by atoms with Gasteiger partial charge in [0.25, 0.3) is 5.91 Å². The molecule has 0 unspecified atom stereocenters. The number of furan rings is 1. The lowest BCUT2D eigenvalue weighted by molar-refractivity contribution is -0.129. The number of rotatable bonds is 8. The van der Waals surface area contributed by atoms with E-state index in [1.807, 2.05) is 12.3 Å². The van der Waals surface area contributed by atoms with Crippen LogP contribution < -0.4 is 10.1 Å². The van der Waals surface area contributed by atoms with Crippen LogP contribution in [0.1, 0.15) is 33.7 Å². The van der Waals surface area contributed by atoms with Gasteiger partial charge in [0.05, 0.1) is 23.5 Å². The third kappa shape index (κ3) is 5.20. The van der Waals surface area contributed by atoms with E-state index in [0.29, 0.717) is 11.5 Å². The predicted molar refractivity (Wildman–Crippen MR) is 103 cm³/mol. The number of carbonyl (C=O) groups is 2. The molecule has 0 saturated carbocycles. The summed E-state index contributed by atoms with van der Waals surface area (Å²) >= 11 is 1.53. The van der Waals surface area contributed by atoms with Crippen molar-refractivity contribution in [2.75, 3.05) is 0 Å². The van der Waals surface area contributed by atoms with E-state index in [4.69, 9.17) is 13.9 Å². The molecular weight excluding hydrogens is 380 g/mol. The van der Waals surface area contributed by atoms with E-state index in [2.05, 4.69) is 10.3 Å². The van der Waals surface area contributed by atoms with Crippen LogP contribution in [0.5, 0.6) is 5.75 Å². The van der Waals surface area contributed by atoms with Crippen LogP contribution in [0, 0.1) is 6.92 Å². The van der Waals surface area contributed by atoms with Gasteiger partial charge in [-0.15, -0.1) is 11.3 Å². The first-order chi connectivity index (χ1) is 13.5. The summed E-state index contributed by atoms with van der Waals surface area (Å²) in [6, 6.07) is 10.2. The number of nitrogens with one attached hydrogen (secondary N) is 1. The molecule has 0 spiro atoms. The molecule has 0 fully saturated rings. The molecule has 0 aliphatic heterocycles. The van der Waals surface area contributed by atoms with Crippen molar-refractivity contribution in [3.8, 4) is 5.75 Å². The van der Waals surface area contributed by atoms with E-state index in [1.165, 1.54) is 24.5 Å². The zero-order valence-electron chi connectivity index (χ0n) is 15.5. The third-order valence-corrected chi connectivity index (χ3v) is 4.64. The summed E-state index contributed by atoms with van der Waals surface area (Å²) in [6.07, 6.45) is 0.561. The molecule has 1 amide bonds. The van der Waals surface area contributed by atoms with Crippen molar-refractivity contribution in [2.24, 2.45) is 0 Å². The minimum Gasteiger partial charge on any atom is -0.486 e. The summed E-state index contributed by atoms with van der Waals surface area (Å²) in [7, 11) is 0. The first-order valence-electron chi connectivity index (χ1n) is 8.67. The summed E-state index contributed by atoms with van der Waals surface area (Å²) < 4.78 is 16.2. The highest BCUT2D eigenvalue weighted by Crippen LogP contribution is 2.21. The average Bonchev–Trinajstić information content (AvgIpc) is 3.36. The van der Waals surface area contributed by atoms with Crippen molar-refractivity contribution >= 4 is 23.2 Å². The van der Waals surface area contributed by atoms with Gasteiger partial charge in [0.15, 0.2) is 6.10 Å². The molecule has 146 valence electrons. The Labute approximate surface area is 166 Å². The maximum absolute atomic E-state index is 12.5. The maximum atomic E-state index is 12.5. The molecule has 1 N–H and O–H groups in total. The van der Waals surface area contributed by atoms with Gasteiger partial charge >= 0.3 is 5.97 Å². The first-order valence-corrected chi connectivity index (χ1v) is 9.55. The van der Waals surface area contributed by atoms with Crippen molar-refractivity contribution in [1.82, 2.24) is 10.3 Å². The minimum atomic E-state index is -0.961. The fraction of sp³-hybridized carbons (Fsp3) is 0.250. The molecule has 8 heteroatoms. The summed E-state index contributed by atoms with van der Waals surface area (Å²) in [5.74, 6) is -0.0592. The number of nitrogens with zero attached hydrogens (tertiary/aromatic N) is 1. The van der Waals surface area contributed by atoms with Crippen LogP contribution in [0.15, 0.2) is 52.5 Å². The van der Waals surface area contributed by atoms with Gasteiger partial charge in [-0.1, -0.05) is 12.1 Å². The molecule has 7 nitrogen and oxygen atoms in total. The van der Waals surface area contributed by atoms with Crippen LogP contribution in [0.2, 0.25) is 0 Å². The molecular formula is C20H20N2O5S. The number of esters is 1. The Morgan fingerprint density at radius 3 is 2.79 bits per heavy atom. The fourth-order valence-corrected chi connectivity index (χ4v) is 2.99. The Bertz CT molecular complexity index is 936. The zero-order chi connectivity index (χ0) is 19.9. The van der Waals surface area contributed by atoms with Crippen LogP contribution in [0.3, 0.4) is 0 Å². The highest BCUT2D eigenvalue weighted by Gasteiger charge is 2.21. The van der Waals surface area contributed by atoms with Crippen LogP contribution in [0.4, 0.5) is 0 Å². The largest absolute Gasteiger partial charge is 0.486 e. The summed E-state index contributed by atoms with van der Waals surface area (Å²) in [6.45, 7) is 3.89. The second kappa shape index (κ2) is 9.18. The number of carbonyl (C=O) groups excluding carboxylic acids is 2. The number of hydrogen-bond acceptors (Lipinski definition) is 7.